The van der Waals surface area contributed by atoms with Gasteiger partial charge in [0.25, 0.3) is 0 Å². The maximum absolute atomic E-state index is 5.75. The number of anilines is 2. The Balaban J connectivity index is 1.79. The lowest BCUT2D eigenvalue weighted by Crippen LogP contribution is -2.24. The monoisotopic (exact) mass is 258 g/mol. The summed E-state index contributed by atoms with van der Waals surface area (Å²) >= 11 is 0. The molecule has 1 atom stereocenters. The molecule has 1 fully saturated rings. The van der Waals surface area contributed by atoms with Crippen LogP contribution in [-0.4, -0.2) is 29.7 Å². The molecular formula is C14H18N4O. The van der Waals surface area contributed by atoms with Gasteiger partial charge in [-0.2, -0.15) is 4.98 Å². The second-order valence-electron chi connectivity index (χ2n) is 4.91. The van der Waals surface area contributed by atoms with Gasteiger partial charge in [0, 0.05) is 18.5 Å². The minimum Gasteiger partial charge on any atom is -0.381 e. The molecule has 1 unspecified atom stereocenters. The standard InChI is InChI=1S/C14H18N4O/c15-14-17-12-6-2-1-5-11(12)13(18-14)16-8-10-4-3-7-19-9-10/h1-2,5-6,10H,3-4,7-9H2,(H3,15,16,17,18). The number of rotatable bonds is 3. The summed E-state index contributed by atoms with van der Waals surface area (Å²) in [5.74, 6) is 1.67. The maximum Gasteiger partial charge on any atom is 0.222 e. The van der Waals surface area contributed by atoms with E-state index in [1.807, 2.05) is 24.3 Å². The van der Waals surface area contributed by atoms with Gasteiger partial charge in [-0.1, -0.05) is 12.1 Å². The number of aromatic nitrogens is 2. The molecule has 3 rings (SSSR count). The van der Waals surface area contributed by atoms with E-state index in [4.69, 9.17) is 10.5 Å². The van der Waals surface area contributed by atoms with Gasteiger partial charge in [-0.05, 0) is 30.9 Å². The first-order chi connectivity index (χ1) is 9.33. The van der Waals surface area contributed by atoms with Gasteiger partial charge in [-0.25, -0.2) is 4.98 Å². The molecule has 2 heterocycles. The predicted octanol–water partition coefficient (Wildman–Crippen LogP) is 2.05. The molecule has 1 aromatic heterocycles. The van der Waals surface area contributed by atoms with Crippen LogP contribution in [0.4, 0.5) is 11.8 Å². The number of nitrogen functional groups attached to an aromatic ring is 1. The molecule has 0 amide bonds. The van der Waals surface area contributed by atoms with Crippen LogP contribution in [0.3, 0.4) is 0 Å². The summed E-state index contributed by atoms with van der Waals surface area (Å²) in [5, 5.41) is 4.39. The zero-order valence-corrected chi connectivity index (χ0v) is 10.8. The number of hydrogen-bond donors (Lipinski definition) is 2. The van der Waals surface area contributed by atoms with Crippen LogP contribution in [-0.2, 0) is 4.74 Å². The Morgan fingerprint density at radius 3 is 3.05 bits per heavy atom. The Bertz CT molecular complexity index is 566. The topological polar surface area (TPSA) is 73.1 Å². The Morgan fingerprint density at radius 2 is 2.21 bits per heavy atom. The number of fused-ring (bicyclic) bond motifs is 1. The Kier molecular flexibility index (Phi) is 3.46. The number of nitrogens with two attached hydrogens (primary N) is 1. The molecule has 1 saturated heterocycles. The molecule has 100 valence electrons. The third-order valence-electron chi connectivity index (χ3n) is 3.43. The Labute approximate surface area is 112 Å². The van der Waals surface area contributed by atoms with Crippen molar-refractivity contribution < 1.29 is 4.74 Å². The molecule has 19 heavy (non-hydrogen) atoms. The van der Waals surface area contributed by atoms with Gasteiger partial charge in [0.15, 0.2) is 0 Å². The molecule has 5 heteroatoms. The average Bonchev–Trinajstić information content (AvgIpc) is 2.45. The maximum atomic E-state index is 5.75. The summed E-state index contributed by atoms with van der Waals surface area (Å²) in [6.07, 6.45) is 2.34. The third kappa shape index (κ3) is 2.76. The van der Waals surface area contributed by atoms with Crippen molar-refractivity contribution in [3.63, 3.8) is 0 Å². The Morgan fingerprint density at radius 1 is 1.32 bits per heavy atom. The third-order valence-corrected chi connectivity index (χ3v) is 3.43. The van der Waals surface area contributed by atoms with Crippen LogP contribution in [0.15, 0.2) is 24.3 Å². The van der Waals surface area contributed by atoms with Crippen molar-refractivity contribution in [1.29, 1.82) is 0 Å². The molecule has 2 aromatic rings. The summed E-state index contributed by atoms with van der Waals surface area (Å²) in [5.41, 5.74) is 6.62. The average molecular weight is 258 g/mol. The van der Waals surface area contributed by atoms with Gasteiger partial charge in [0.1, 0.15) is 5.82 Å². The van der Waals surface area contributed by atoms with E-state index in [0.717, 1.165) is 42.9 Å². The SMILES string of the molecule is Nc1nc(NCC2CCCOC2)c2ccccc2n1. The van der Waals surface area contributed by atoms with Gasteiger partial charge in [-0.3, -0.25) is 0 Å². The predicted molar refractivity (Wildman–Crippen MR) is 76.0 cm³/mol. The molecule has 1 aliphatic rings. The highest BCUT2D eigenvalue weighted by atomic mass is 16.5. The molecule has 5 nitrogen and oxygen atoms in total. The fourth-order valence-electron chi connectivity index (χ4n) is 2.44. The normalized spacial score (nSPS) is 19.5. The van der Waals surface area contributed by atoms with E-state index in [9.17, 15) is 0 Å². The van der Waals surface area contributed by atoms with E-state index in [-0.39, 0.29) is 0 Å². The second-order valence-corrected chi connectivity index (χ2v) is 4.91. The fourth-order valence-corrected chi connectivity index (χ4v) is 2.44. The molecule has 1 aliphatic heterocycles. The van der Waals surface area contributed by atoms with E-state index in [0.29, 0.717) is 11.9 Å². The zero-order valence-electron chi connectivity index (χ0n) is 10.8. The van der Waals surface area contributed by atoms with Crippen LogP contribution in [0, 0.1) is 5.92 Å². The highest BCUT2D eigenvalue weighted by Crippen LogP contribution is 2.22. The summed E-state index contributed by atoms with van der Waals surface area (Å²) in [6, 6.07) is 7.89. The first kappa shape index (κ1) is 12.2. The minimum atomic E-state index is 0.307. The van der Waals surface area contributed by atoms with Crippen LogP contribution in [0.2, 0.25) is 0 Å². The Hall–Kier alpha value is -1.88. The van der Waals surface area contributed by atoms with Crippen LogP contribution in [0.1, 0.15) is 12.8 Å². The first-order valence-electron chi connectivity index (χ1n) is 6.67. The molecule has 0 saturated carbocycles. The number of hydrogen-bond acceptors (Lipinski definition) is 5. The lowest BCUT2D eigenvalue weighted by molar-refractivity contribution is 0.0595. The molecule has 0 spiro atoms. The van der Waals surface area contributed by atoms with Gasteiger partial charge >= 0.3 is 0 Å². The second kappa shape index (κ2) is 5.40. The van der Waals surface area contributed by atoms with Crippen molar-refractivity contribution in [3.8, 4) is 0 Å². The summed E-state index contributed by atoms with van der Waals surface area (Å²) < 4.78 is 5.48. The molecule has 3 N–H and O–H groups in total. The molecule has 0 aliphatic carbocycles. The first-order valence-corrected chi connectivity index (χ1v) is 6.67. The molecule has 1 aromatic carbocycles. The van der Waals surface area contributed by atoms with Gasteiger partial charge in [0.05, 0.1) is 12.1 Å². The lowest BCUT2D eigenvalue weighted by atomic mass is 10.0. The van der Waals surface area contributed by atoms with Crippen LogP contribution in [0.25, 0.3) is 10.9 Å². The van der Waals surface area contributed by atoms with Crippen molar-refractivity contribution in [2.75, 3.05) is 30.8 Å². The smallest absolute Gasteiger partial charge is 0.222 e. The highest BCUT2D eigenvalue weighted by Gasteiger charge is 2.14. The van der Waals surface area contributed by atoms with Crippen LogP contribution < -0.4 is 11.1 Å². The number of nitrogens with one attached hydrogen (secondary N) is 1. The van der Waals surface area contributed by atoms with Crippen LogP contribution in [0.5, 0.6) is 0 Å². The van der Waals surface area contributed by atoms with E-state index in [1.165, 1.54) is 6.42 Å². The highest BCUT2D eigenvalue weighted by molar-refractivity contribution is 5.89. The van der Waals surface area contributed by atoms with Crippen molar-refractivity contribution in [3.05, 3.63) is 24.3 Å². The minimum absolute atomic E-state index is 0.307. The largest absolute Gasteiger partial charge is 0.381 e. The molecule has 0 bridgehead atoms. The van der Waals surface area contributed by atoms with Crippen molar-refractivity contribution in [1.82, 2.24) is 9.97 Å². The lowest BCUT2D eigenvalue weighted by Gasteiger charge is -2.22. The number of nitrogens with zero attached hydrogens (tertiary/aromatic N) is 2. The van der Waals surface area contributed by atoms with Crippen molar-refractivity contribution >= 4 is 22.7 Å². The van der Waals surface area contributed by atoms with E-state index < -0.39 is 0 Å². The van der Waals surface area contributed by atoms with Crippen LogP contribution >= 0.6 is 0 Å². The fraction of sp³-hybridized carbons (Fsp3) is 0.429. The zero-order chi connectivity index (χ0) is 13.1. The van der Waals surface area contributed by atoms with Gasteiger partial charge in [0.2, 0.25) is 5.95 Å². The number of para-hydroxylation sites is 1. The number of benzene rings is 1. The van der Waals surface area contributed by atoms with E-state index in [2.05, 4.69) is 15.3 Å². The van der Waals surface area contributed by atoms with Gasteiger partial charge < -0.3 is 15.8 Å². The summed E-state index contributed by atoms with van der Waals surface area (Å²) in [7, 11) is 0. The van der Waals surface area contributed by atoms with Crippen molar-refractivity contribution in [2.24, 2.45) is 5.92 Å². The van der Waals surface area contributed by atoms with E-state index >= 15 is 0 Å². The van der Waals surface area contributed by atoms with E-state index in [1.54, 1.807) is 0 Å². The number of ether oxygens (including phenoxy) is 1. The van der Waals surface area contributed by atoms with Crippen molar-refractivity contribution in [2.45, 2.75) is 12.8 Å². The van der Waals surface area contributed by atoms with Gasteiger partial charge in [-0.15, -0.1) is 0 Å². The molecule has 0 radical (unpaired) electrons. The quantitative estimate of drug-likeness (QED) is 0.881. The summed E-state index contributed by atoms with van der Waals surface area (Å²) in [6.45, 7) is 2.58. The summed E-state index contributed by atoms with van der Waals surface area (Å²) in [4.78, 5) is 8.53. The molecular weight excluding hydrogens is 240 g/mol.